The van der Waals surface area contributed by atoms with E-state index >= 15 is 0 Å². The first-order valence-electron chi connectivity index (χ1n) is 8.17. The van der Waals surface area contributed by atoms with Crippen LogP contribution in [0.5, 0.6) is 0 Å². The van der Waals surface area contributed by atoms with Gasteiger partial charge in [0.05, 0.1) is 23.8 Å². The predicted octanol–water partition coefficient (Wildman–Crippen LogP) is 2.98. The number of ether oxygens (including phenoxy) is 1. The van der Waals surface area contributed by atoms with Crippen molar-refractivity contribution in [1.29, 1.82) is 5.26 Å². The van der Waals surface area contributed by atoms with Crippen LogP contribution in [-0.4, -0.2) is 25.3 Å². The fraction of sp³-hybridized carbons (Fsp3) is 0.556. The maximum Gasteiger partial charge on any atom is 0.315 e. The van der Waals surface area contributed by atoms with Crippen molar-refractivity contribution in [3.63, 3.8) is 0 Å². The lowest BCUT2D eigenvalue weighted by molar-refractivity contribution is 0.0545. The maximum absolute atomic E-state index is 12.1. The largest absolute Gasteiger partial charge is 0.378 e. The van der Waals surface area contributed by atoms with Crippen LogP contribution in [0.1, 0.15) is 44.4 Å². The van der Waals surface area contributed by atoms with Gasteiger partial charge in [0.15, 0.2) is 0 Å². The second kappa shape index (κ2) is 7.98. The number of urea groups is 1. The SMILES string of the molecule is CC(C)[C@H]1OCC[C@H]1CNC(=O)N[C@@H](C)c1ccc(C#N)cc1. The van der Waals surface area contributed by atoms with Crippen LogP contribution in [0.4, 0.5) is 4.79 Å². The molecule has 1 aliphatic rings. The highest BCUT2D eigenvalue weighted by Crippen LogP contribution is 2.26. The average Bonchev–Trinajstić information content (AvgIpc) is 3.01. The summed E-state index contributed by atoms with van der Waals surface area (Å²) in [6.07, 6.45) is 1.22. The zero-order chi connectivity index (χ0) is 16.8. The highest BCUT2D eigenvalue weighted by molar-refractivity contribution is 5.74. The third-order valence-electron chi connectivity index (χ3n) is 4.33. The number of benzene rings is 1. The lowest BCUT2D eigenvalue weighted by Gasteiger charge is -2.23. The Morgan fingerprint density at radius 2 is 2.04 bits per heavy atom. The fourth-order valence-corrected chi connectivity index (χ4v) is 3.01. The van der Waals surface area contributed by atoms with Crippen molar-refractivity contribution < 1.29 is 9.53 Å². The molecule has 2 N–H and O–H groups in total. The van der Waals surface area contributed by atoms with Gasteiger partial charge in [-0.2, -0.15) is 5.26 Å². The number of nitriles is 1. The van der Waals surface area contributed by atoms with Gasteiger partial charge in [0.2, 0.25) is 0 Å². The van der Waals surface area contributed by atoms with E-state index in [1.165, 1.54) is 0 Å². The number of nitrogens with zero attached hydrogens (tertiary/aromatic N) is 1. The van der Waals surface area contributed by atoms with Gasteiger partial charge in [-0.05, 0) is 37.0 Å². The topological polar surface area (TPSA) is 74.2 Å². The van der Waals surface area contributed by atoms with Crippen molar-refractivity contribution in [2.24, 2.45) is 11.8 Å². The van der Waals surface area contributed by atoms with Crippen molar-refractivity contribution >= 4 is 6.03 Å². The van der Waals surface area contributed by atoms with E-state index in [-0.39, 0.29) is 18.2 Å². The Morgan fingerprint density at radius 1 is 1.35 bits per heavy atom. The number of carbonyl (C=O) groups is 1. The number of amides is 2. The van der Waals surface area contributed by atoms with Crippen molar-refractivity contribution in [1.82, 2.24) is 10.6 Å². The fourth-order valence-electron chi connectivity index (χ4n) is 3.01. The van der Waals surface area contributed by atoms with E-state index in [2.05, 4.69) is 30.6 Å². The summed E-state index contributed by atoms with van der Waals surface area (Å²) < 4.78 is 5.73. The molecule has 1 saturated heterocycles. The Labute approximate surface area is 138 Å². The van der Waals surface area contributed by atoms with Gasteiger partial charge in [0, 0.05) is 19.1 Å². The van der Waals surface area contributed by atoms with Crippen molar-refractivity contribution in [3.05, 3.63) is 35.4 Å². The molecule has 0 radical (unpaired) electrons. The zero-order valence-corrected chi connectivity index (χ0v) is 14.0. The molecular formula is C18H25N3O2. The van der Waals surface area contributed by atoms with E-state index in [1.54, 1.807) is 12.1 Å². The molecule has 2 amide bonds. The highest BCUT2D eigenvalue weighted by Gasteiger charge is 2.30. The van der Waals surface area contributed by atoms with Gasteiger partial charge < -0.3 is 15.4 Å². The minimum absolute atomic E-state index is 0.108. The van der Waals surface area contributed by atoms with Gasteiger partial charge in [-0.15, -0.1) is 0 Å². The molecule has 2 rings (SSSR count). The molecule has 124 valence electrons. The molecule has 5 heteroatoms. The second-order valence-corrected chi connectivity index (χ2v) is 6.44. The number of carbonyl (C=O) groups excluding carboxylic acids is 1. The molecule has 0 unspecified atom stereocenters. The minimum atomic E-state index is -0.170. The van der Waals surface area contributed by atoms with Crippen LogP contribution in [0.15, 0.2) is 24.3 Å². The molecule has 1 aliphatic heterocycles. The van der Waals surface area contributed by atoms with Crippen molar-refractivity contribution in [3.8, 4) is 6.07 Å². The Morgan fingerprint density at radius 3 is 2.65 bits per heavy atom. The summed E-state index contributed by atoms with van der Waals surface area (Å²) in [6.45, 7) is 7.63. The van der Waals surface area contributed by atoms with Gasteiger partial charge in [-0.3, -0.25) is 0 Å². The summed E-state index contributed by atoms with van der Waals surface area (Å²) in [6, 6.07) is 9.05. The first-order chi connectivity index (χ1) is 11.0. The maximum atomic E-state index is 12.1. The predicted molar refractivity (Wildman–Crippen MR) is 88.8 cm³/mol. The van der Waals surface area contributed by atoms with Crippen LogP contribution >= 0.6 is 0 Å². The molecule has 1 fully saturated rings. The van der Waals surface area contributed by atoms with Crippen molar-refractivity contribution in [2.45, 2.75) is 39.3 Å². The molecule has 1 heterocycles. The molecule has 0 saturated carbocycles. The van der Waals surface area contributed by atoms with Gasteiger partial charge in [0.1, 0.15) is 0 Å². The Hall–Kier alpha value is -2.06. The Kier molecular flexibility index (Phi) is 6.00. The zero-order valence-electron chi connectivity index (χ0n) is 14.0. The summed E-state index contributed by atoms with van der Waals surface area (Å²) in [5.74, 6) is 0.843. The summed E-state index contributed by atoms with van der Waals surface area (Å²) in [4.78, 5) is 12.1. The third-order valence-corrected chi connectivity index (χ3v) is 4.33. The second-order valence-electron chi connectivity index (χ2n) is 6.44. The van der Waals surface area contributed by atoms with Gasteiger partial charge >= 0.3 is 6.03 Å². The van der Waals surface area contributed by atoms with E-state index in [4.69, 9.17) is 10.00 Å². The van der Waals surface area contributed by atoms with E-state index in [0.717, 1.165) is 18.6 Å². The molecule has 0 aliphatic carbocycles. The van der Waals surface area contributed by atoms with E-state index in [9.17, 15) is 4.79 Å². The molecule has 0 spiro atoms. The summed E-state index contributed by atoms with van der Waals surface area (Å²) in [5.41, 5.74) is 1.59. The standard InChI is InChI=1S/C18H25N3O2/c1-12(2)17-16(8-9-23-17)11-20-18(22)21-13(3)15-6-4-14(10-19)5-7-15/h4-7,12-13,16-17H,8-9,11H2,1-3H3,(H2,20,21,22)/t13-,16-,17+/m0/s1. The smallest absolute Gasteiger partial charge is 0.315 e. The number of nitrogens with one attached hydrogen (secondary N) is 2. The molecule has 1 aromatic carbocycles. The molecular weight excluding hydrogens is 290 g/mol. The Bertz CT molecular complexity index is 563. The lowest BCUT2D eigenvalue weighted by atomic mass is 9.93. The van der Waals surface area contributed by atoms with E-state index in [0.29, 0.717) is 23.9 Å². The normalized spacial score (nSPS) is 21.7. The Balaban J connectivity index is 1.81. The molecule has 1 aromatic rings. The quantitative estimate of drug-likeness (QED) is 0.877. The monoisotopic (exact) mass is 315 g/mol. The molecule has 3 atom stereocenters. The van der Waals surface area contributed by atoms with Crippen LogP contribution < -0.4 is 10.6 Å². The molecule has 0 bridgehead atoms. The lowest BCUT2D eigenvalue weighted by Crippen LogP contribution is -2.41. The first-order valence-corrected chi connectivity index (χ1v) is 8.17. The third kappa shape index (κ3) is 4.70. The number of hydrogen-bond acceptors (Lipinski definition) is 3. The molecule has 0 aromatic heterocycles. The first kappa shape index (κ1) is 17.3. The van der Waals surface area contributed by atoms with Crippen LogP contribution in [0.3, 0.4) is 0 Å². The summed E-state index contributed by atoms with van der Waals surface area (Å²) >= 11 is 0. The summed E-state index contributed by atoms with van der Waals surface area (Å²) in [7, 11) is 0. The number of hydrogen-bond donors (Lipinski definition) is 2. The highest BCUT2D eigenvalue weighted by atomic mass is 16.5. The van der Waals surface area contributed by atoms with E-state index in [1.807, 2.05) is 19.1 Å². The average molecular weight is 315 g/mol. The molecule has 5 nitrogen and oxygen atoms in total. The van der Waals surface area contributed by atoms with Gasteiger partial charge in [0.25, 0.3) is 0 Å². The van der Waals surface area contributed by atoms with Crippen LogP contribution in [0, 0.1) is 23.2 Å². The van der Waals surface area contributed by atoms with Crippen LogP contribution in [-0.2, 0) is 4.74 Å². The van der Waals surface area contributed by atoms with Gasteiger partial charge in [-0.25, -0.2) is 4.79 Å². The van der Waals surface area contributed by atoms with E-state index < -0.39 is 0 Å². The number of rotatable bonds is 5. The summed E-state index contributed by atoms with van der Waals surface area (Å²) in [5, 5.41) is 14.7. The van der Waals surface area contributed by atoms with Crippen LogP contribution in [0.2, 0.25) is 0 Å². The van der Waals surface area contributed by atoms with Crippen LogP contribution in [0.25, 0.3) is 0 Å². The van der Waals surface area contributed by atoms with Crippen molar-refractivity contribution in [2.75, 3.05) is 13.2 Å². The molecule has 23 heavy (non-hydrogen) atoms. The van der Waals surface area contributed by atoms with Gasteiger partial charge in [-0.1, -0.05) is 26.0 Å². The minimum Gasteiger partial charge on any atom is -0.378 e.